The van der Waals surface area contributed by atoms with E-state index in [1.54, 1.807) is 31.3 Å². The van der Waals surface area contributed by atoms with E-state index in [4.69, 9.17) is 5.73 Å². The molecule has 0 fully saturated rings. The van der Waals surface area contributed by atoms with E-state index in [0.717, 1.165) is 0 Å². The molecule has 5 nitrogen and oxygen atoms in total. The molecule has 0 bridgehead atoms. The van der Waals surface area contributed by atoms with Gasteiger partial charge in [0.15, 0.2) is 0 Å². The molecule has 0 aliphatic rings. The number of hydrogen-bond donors (Lipinski definition) is 3. The zero-order valence-electron chi connectivity index (χ0n) is 9.99. The number of anilines is 1. The molecule has 0 radical (unpaired) electrons. The van der Waals surface area contributed by atoms with Crippen LogP contribution in [-0.4, -0.2) is 24.9 Å². The molecule has 17 heavy (non-hydrogen) atoms. The molecule has 0 spiro atoms. The summed E-state index contributed by atoms with van der Waals surface area (Å²) in [7, 11) is 1.57. The molecule has 0 unspecified atom stereocenters. The summed E-state index contributed by atoms with van der Waals surface area (Å²) in [5.41, 5.74) is 6.77. The monoisotopic (exact) mass is 235 g/mol. The SMILES string of the molecule is CC[C@H](N)C(=O)Nc1ccc(C(=O)NC)cc1. The highest BCUT2D eigenvalue weighted by molar-refractivity contribution is 5.96. The van der Waals surface area contributed by atoms with Crippen LogP contribution in [0.2, 0.25) is 0 Å². The Hall–Kier alpha value is -1.88. The van der Waals surface area contributed by atoms with Gasteiger partial charge in [-0.05, 0) is 30.7 Å². The Balaban J connectivity index is 2.69. The predicted octanol–water partition coefficient (Wildman–Crippen LogP) is 0.722. The van der Waals surface area contributed by atoms with Gasteiger partial charge >= 0.3 is 0 Å². The van der Waals surface area contributed by atoms with E-state index < -0.39 is 6.04 Å². The van der Waals surface area contributed by atoms with Gasteiger partial charge in [-0.2, -0.15) is 0 Å². The lowest BCUT2D eigenvalue weighted by molar-refractivity contribution is -0.117. The van der Waals surface area contributed by atoms with Crippen LogP contribution in [0.15, 0.2) is 24.3 Å². The van der Waals surface area contributed by atoms with Gasteiger partial charge in [0, 0.05) is 18.3 Å². The molecule has 1 atom stereocenters. The normalized spacial score (nSPS) is 11.7. The van der Waals surface area contributed by atoms with Crippen molar-refractivity contribution in [2.24, 2.45) is 5.73 Å². The molecule has 1 aromatic rings. The molecule has 0 saturated heterocycles. The van der Waals surface area contributed by atoms with Gasteiger partial charge in [-0.15, -0.1) is 0 Å². The summed E-state index contributed by atoms with van der Waals surface area (Å²) in [5, 5.41) is 5.20. The second-order valence-corrected chi connectivity index (χ2v) is 3.66. The van der Waals surface area contributed by atoms with Gasteiger partial charge in [0.1, 0.15) is 0 Å². The molecule has 0 aromatic heterocycles. The van der Waals surface area contributed by atoms with Crippen molar-refractivity contribution in [3.8, 4) is 0 Å². The third kappa shape index (κ3) is 3.57. The van der Waals surface area contributed by atoms with Crippen LogP contribution in [0, 0.1) is 0 Å². The molecule has 5 heteroatoms. The molecular weight excluding hydrogens is 218 g/mol. The first kappa shape index (κ1) is 13.2. The van der Waals surface area contributed by atoms with E-state index >= 15 is 0 Å². The second-order valence-electron chi connectivity index (χ2n) is 3.66. The molecule has 0 aliphatic heterocycles. The second kappa shape index (κ2) is 6.00. The Morgan fingerprint density at radius 1 is 1.29 bits per heavy atom. The molecule has 1 rings (SSSR count). The largest absolute Gasteiger partial charge is 0.355 e. The van der Waals surface area contributed by atoms with Crippen molar-refractivity contribution in [1.29, 1.82) is 0 Å². The van der Waals surface area contributed by atoms with Gasteiger partial charge in [0.05, 0.1) is 6.04 Å². The average Bonchev–Trinajstić information content (AvgIpc) is 2.37. The quantitative estimate of drug-likeness (QED) is 0.719. The highest BCUT2D eigenvalue weighted by Gasteiger charge is 2.11. The van der Waals surface area contributed by atoms with Gasteiger partial charge in [-0.25, -0.2) is 0 Å². The first-order valence-corrected chi connectivity index (χ1v) is 5.47. The minimum absolute atomic E-state index is 0.159. The van der Waals surface area contributed by atoms with Crippen LogP contribution in [0.25, 0.3) is 0 Å². The van der Waals surface area contributed by atoms with Gasteiger partial charge in [-0.1, -0.05) is 6.92 Å². The van der Waals surface area contributed by atoms with E-state index in [0.29, 0.717) is 17.7 Å². The van der Waals surface area contributed by atoms with E-state index in [2.05, 4.69) is 10.6 Å². The lowest BCUT2D eigenvalue weighted by Crippen LogP contribution is -2.34. The number of hydrogen-bond acceptors (Lipinski definition) is 3. The number of carbonyl (C=O) groups is 2. The fraction of sp³-hybridized carbons (Fsp3) is 0.333. The minimum atomic E-state index is -0.506. The third-order valence-corrected chi connectivity index (χ3v) is 2.42. The molecule has 0 heterocycles. The van der Waals surface area contributed by atoms with Crippen LogP contribution in [0.5, 0.6) is 0 Å². The van der Waals surface area contributed by atoms with E-state index in [9.17, 15) is 9.59 Å². The standard InChI is InChI=1S/C12H17N3O2/c1-3-10(13)12(17)15-9-6-4-8(5-7-9)11(16)14-2/h4-7,10H,3,13H2,1-2H3,(H,14,16)(H,15,17)/t10-/m0/s1. The van der Waals surface area contributed by atoms with Crippen molar-refractivity contribution in [3.63, 3.8) is 0 Å². The third-order valence-electron chi connectivity index (χ3n) is 2.42. The van der Waals surface area contributed by atoms with Crippen LogP contribution >= 0.6 is 0 Å². The van der Waals surface area contributed by atoms with Crippen LogP contribution in [-0.2, 0) is 4.79 Å². The summed E-state index contributed by atoms with van der Waals surface area (Å²) >= 11 is 0. The predicted molar refractivity (Wildman–Crippen MR) is 66.7 cm³/mol. The number of nitrogens with one attached hydrogen (secondary N) is 2. The Morgan fingerprint density at radius 2 is 1.88 bits per heavy atom. The number of carbonyl (C=O) groups excluding carboxylic acids is 2. The molecule has 0 saturated carbocycles. The number of nitrogens with two attached hydrogens (primary N) is 1. The summed E-state index contributed by atoms with van der Waals surface area (Å²) in [6.07, 6.45) is 0.585. The summed E-state index contributed by atoms with van der Waals surface area (Å²) in [6, 6.07) is 6.13. The number of rotatable bonds is 4. The number of amides is 2. The number of benzene rings is 1. The van der Waals surface area contributed by atoms with Crippen molar-refractivity contribution in [3.05, 3.63) is 29.8 Å². The fourth-order valence-electron chi connectivity index (χ4n) is 1.27. The maximum absolute atomic E-state index is 11.5. The Morgan fingerprint density at radius 3 is 2.35 bits per heavy atom. The fourth-order valence-corrected chi connectivity index (χ4v) is 1.27. The van der Waals surface area contributed by atoms with Crippen molar-refractivity contribution in [2.45, 2.75) is 19.4 Å². The first-order valence-electron chi connectivity index (χ1n) is 5.47. The lowest BCUT2D eigenvalue weighted by Gasteiger charge is -2.10. The van der Waals surface area contributed by atoms with Crippen molar-refractivity contribution >= 4 is 17.5 Å². The Labute approximate surface area is 100 Å². The van der Waals surface area contributed by atoms with Crippen LogP contribution in [0.1, 0.15) is 23.7 Å². The zero-order valence-corrected chi connectivity index (χ0v) is 9.99. The van der Waals surface area contributed by atoms with Gasteiger partial charge < -0.3 is 16.4 Å². The summed E-state index contributed by atoms with van der Waals surface area (Å²) in [4.78, 5) is 22.8. The van der Waals surface area contributed by atoms with Crippen molar-refractivity contribution < 1.29 is 9.59 Å². The summed E-state index contributed by atoms with van der Waals surface area (Å²) < 4.78 is 0. The molecule has 2 amide bonds. The molecule has 92 valence electrons. The minimum Gasteiger partial charge on any atom is -0.355 e. The maximum atomic E-state index is 11.5. The van der Waals surface area contributed by atoms with Crippen molar-refractivity contribution in [2.75, 3.05) is 12.4 Å². The molecule has 1 aromatic carbocycles. The van der Waals surface area contributed by atoms with Gasteiger partial charge in [0.25, 0.3) is 5.91 Å². The topological polar surface area (TPSA) is 84.2 Å². The lowest BCUT2D eigenvalue weighted by atomic mass is 10.2. The smallest absolute Gasteiger partial charge is 0.251 e. The Kier molecular flexibility index (Phi) is 4.66. The molecular formula is C12H17N3O2. The highest BCUT2D eigenvalue weighted by atomic mass is 16.2. The zero-order chi connectivity index (χ0) is 12.8. The van der Waals surface area contributed by atoms with E-state index in [1.807, 2.05) is 6.92 Å². The van der Waals surface area contributed by atoms with Gasteiger partial charge in [-0.3, -0.25) is 9.59 Å². The molecule has 0 aliphatic carbocycles. The van der Waals surface area contributed by atoms with E-state index in [1.165, 1.54) is 0 Å². The molecule has 4 N–H and O–H groups in total. The van der Waals surface area contributed by atoms with Gasteiger partial charge in [0.2, 0.25) is 5.91 Å². The van der Waals surface area contributed by atoms with Crippen LogP contribution in [0.3, 0.4) is 0 Å². The Bertz CT molecular complexity index is 401. The van der Waals surface area contributed by atoms with Crippen molar-refractivity contribution in [1.82, 2.24) is 5.32 Å². The van der Waals surface area contributed by atoms with Crippen LogP contribution < -0.4 is 16.4 Å². The average molecular weight is 235 g/mol. The highest BCUT2D eigenvalue weighted by Crippen LogP contribution is 2.10. The summed E-state index contributed by atoms with van der Waals surface area (Å²) in [6.45, 7) is 1.85. The van der Waals surface area contributed by atoms with E-state index in [-0.39, 0.29) is 11.8 Å². The maximum Gasteiger partial charge on any atom is 0.251 e. The first-order chi connectivity index (χ1) is 8.08. The summed E-state index contributed by atoms with van der Waals surface area (Å²) in [5.74, 6) is -0.381. The van der Waals surface area contributed by atoms with Crippen LogP contribution in [0.4, 0.5) is 5.69 Å².